The van der Waals surface area contributed by atoms with Crippen molar-refractivity contribution in [1.29, 1.82) is 0 Å². The molecular weight excluding hydrogens is 433 g/mol. The summed E-state index contributed by atoms with van der Waals surface area (Å²) < 4.78 is 21.1. The Morgan fingerprint density at radius 3 is 2.68 bits per heavy atom. The average molecular weight is 453 g/mol. The van der Waals surface area contributed by atoms with Crippen molar-refractivity contribution in [2.24, 2.45) is 0 Å². The molecule has 0 aliphatic heterocycles. The van der Waals surface area contributed by atoms with E-state index in [1.807, 2.05) is 30.3 Å². The first-order chi connectivity index (χ1) is 16.6. The second kappa shape index (κ2) is 9.11. The SMILES string of the molecule is Cc1cc(-c2nc3cccnn3c2-c2ccnc(NC(=O)COc3ccccc3)c2)ccc1F. The number of benzene rings is 2. The first kappa shape index (κ1) is 21.3. The van der Waals surface area contributed by atoms with Gasteiger partial charge in [0.15, 0.2) is 12.3 Å². The van der Waals surface area contributed by atoms with Crippen molar-refractivity contribution < 1.29 is 13.9 Å². The number of para-hydroxylation sites is 1. The molecule has 3 aromatic heterocycles. The zero-order chi connectivity index (χ0) is 23.5. The third kappa shape index (κ3) is 4.33. The van der Waals surface area contributed by atoms with E-state index in [4.69, 9.17) is 9.72 Å². The molecule has 8 heteroatoms. The van der Waals surface area contributed by atoms with E-state index in [0.29, 0.717) is 34.2 Å². The number of hydrogen-bond donors (Lipinski definition) is 1. The molecule has 0 bridgehead atoms. The van der Waals surface area contributed by atoms with Crippen LogP contribution in [0, 0.1) is 12.7 Å². The van der Waals surface area contributed by atoms with Crippen molar-refractivity contribution in [3.8, 4) is 28.3 Å². The van der Waals surface area contributed by atoms with Crippen LogP contribution in [0.25, 0.3) is 28.2 Å². The molecule has 34 heavy (non-hydrogen) atoms. The lowest BCUT2D eigenvalue weighted by atomic mass is 10.0. The number of imidazole rings is 1. The number of anilines is 1. The number of amides is 1. The van der Waals surface area contributed by atoms with E-state index in [1.165, 1.54) is 6.07 Å². The molecule has 0 aliphatic carbocycles. The number of ether oxygens (including phenoxy) is 1. The standard InChI is InChI=1S/C26H20FN5O2/c1-17-14-18(9-10-21(17)27)25-26(32-23(31-25)8-5-12-29-32)19-11-13-28-22(15-19)30-24(33)16-34-20-6-3-2-4-7-20/h2-15H,16H2,1H3,(H,28,30,33). The number of pyridine rings is 1. The van der Waals surface area contributed by atoms with Crippen LogP contribution in [-0.4, -0.2) is 32.1 Å². The summed E-state index contributed by atoms with van der Waals surface area (Å²) in [5.41, 5.74) is 4.04. The topological polar surface area (TPSA) is 81.4 Å². The molecule has 0 spiro atoms. The summed E-state index contributed by atoms with van der Waals surface area (Å²) in [6.07, 6.45) is 3.27. The van der Waals surface area contributed by atoms with Crippen molar-refractivity contribution in [1.82, 2.24) is 19.6 Å². The summed E-state index contributed by atoms with van der Waals surface area (Å²) >= 11 is 0. The van der Waals surface area contributed by atoms with Gasteiger partial charge in [-0.3, -0.25) is 4.79 Å². The first-order valence-corrected chi connectivity index (χ1v) is 10.6. The number of carbonyl (C=O) groups excluding carboxylic acids is 1. The number of hydrogen-bond acceptors (Lipinski definition) is 5. The van der Waals surface area contributed by atoms with Gasteiger partial charge in [0.2, 0.25) is 0 Å². The van der Waals surface area contributed by atoms with Crippen LogP contribution in [0.2, 0.25) is 0 Å². The van der Waals surface area contributed by atoms with Crippen molar-refractivity contribution >= 4 is 17.4 Å². The van der Waals surface area contributed by atoms with Gasteiger partial charge < -0.3 is 10.1 Å². The predicted octanol–water partition coefficient (Wildman–Crippen LogP) is 4.92. The maximum Gasteiger partial charge on any atom is 0.263 e. The van der Waals surface area contributed by atoms with Crippen LogP contribution in [0.3, 0.4) is 0 Å². The molecule has 168 valence electrons. The zero-order valence-corrected chi connectivity index (χ0v) is 18.3. The second-order valence-corrected chi connectivity index (χ2v) is 7.65. The summed E-state index contributed by atoms with van der Waals surface area (Å²) in [4.78, 5) is 21.4. The van der Waals surface area contributed by atoms with Gasteiger partial charge in [-0.15, -0.1) is 0 Å². The molecule has 0 unspecified atom stereocenters. The molecule has 5 aromatic rings. The fourth-order valence-electron chi connectivity index (χ4n) is 3.63. The first-order valence-electron chi connectivity index (χ1n) is 10.6. The van der Waals surface area contributed by atoms with Gasteiger partial charge in [-0.1, -0.05) is 18.2 Å². The number of aryl methyl sites for hydroxylation is 1. The van der Waals surface area contributed by atoms with E-state index < -0.39 is 0 Å². The van der Waals surface area contributed by atoms with E-state index in [2.05, 4.69) is 15.4 Å². The van der Waals surface area contributed by atoms with E-state index in [-0.39, 0.29) is 18.3 Å². The van der Waals surface area contributed by atoms with Crippen LogP contribution in [0.15, 0.2) is 85.2 Å². The van der Waals surface area contributed by atoms with Gasteiger partial charge in [0.05, 0.1) is 5.69 Å². The molecule has 1 N–H and O–H groups in total. The van der Waals surface area contributed by atoms with E-state index >= 15 is 0 Å². The lowest BCUT2D eigenvalue weighted by molar-refractivity contribution is -0.118. The fraction of sp³-hybridized carbons (Fsp3) is 0.0769. The second-order valence-electron chi connectivity index (χ2n) is 7.65. The van der Waals surface area contributed by atoms with Gasteiger partial charge in [-0.05, 0) is 67.1 Å². The molecule has 5 rings (SSSR count). The lowest BCUT2D eigenvalue weighted by Crippen LogP contribution is -2.20. The summed E-state index contributed by atoms with van der Waals surface area (Å²) in [6, 6.07) is 21.2. The number of fused-ring (bicyclic) bond motifs is 1. The minimum absolute atomic E-state index is 0.146. The Kier molecular flexibility index (Phi) is 5.70. The van der Waals surface area contributed by atoms with Gasteiger partial charge in [0.25, 0.3) is 5.91 Å². The summed E-state index contributed by atoms with van der Waals surface area (Å²) in [5.74, 6) is 0.361. The number of halogens is 1. The van der Waals surface area contributed by atoms with E-state index in [9.17, 15) is 9.18 Å². The van der Waals surface area contributed by atoms with Gasteiger partial charge in [0, 0.05) is 23.5 Å². The highest BCUT2D eigenvalue weighted by Gasteiger charge is 2.18. The van der Waals surface area contributed by atoms with Crippen LogP contribution in [0.1, 0.15) is 5.56 Å². The van der Waals surface area contributed by atoms with Crippen LogP contribution >= 0.6 is 0 Å². The Hall–Kier alpha value is -4.59. The van der Waals surface area contributed by atoms with Gasteiger partial charge in [0.1, 0.15) is 23.1 Å². The van der Waals surface area contributed by atoms with Gasteiger partial charge in [-0.2, -0.15) is 5.10 Å². The Labute approximate surface area is 194 Å². The fourth-order valence-corrected chi connectivity index (χ4v) is 3.63. The molecule has 1 amide bonds. The summed E-state index contributed by atoms with van der Waals surface area (Å²) in [5, 5.41) is 7.21. The molecule has 2 aromatic carbocycles. The highest BCUT2D eigenvalue weighted by Crippen LogP contribution is 2.33. The average Bonchev–Trinajstić information content (AvgIpc) is 3.25. The van der Waals surface area contributed by atoms with Crippen molar-refractivity contribution in [2.75, 3.05) is 11.9 Å². The third-order valence-electron chi connectivity index (χ3n) is 5.24. The van der Waals surface area contributed by atoms with Crippen LogP contribution in [0.4, 0.5) is 10.2 Å². The Morgan fingerprint density at radius 2 is 1.85 bits per heavy atom. The summed E-state index contributed by atoms with van der Waals surface area (Å²) in [6.45, 7) is 1.57. The van der Waals surface area contributed by atoms with Crippen molar-refractivity contribution in [3.05, 3.63) is 96.6 Å². The van der Waals surface area contributed by atoms with Crippen LogP contribution in [-0.2, 0) is 4.79 Å². The Morgan fingerprint density at radius 1 is 1.00 bits per heavy atom. The maximum atomic E-state index is 13.9. The Bertz CT molecular complexity index is 1480. The largest absolute Gasteiger partial charge is 0.484 e. The molecule has 7 nitrogen and oxygen atoms in total. The molecule has 3 heterocycles. The lowest BCUT2D eigenvalue weighted by Gasteiger charge is -2.09. The molecule has 0 aliphatic rings. The van der Waals surface area contributed by atoms with Gasteiger partial charge >= 0.3 is 0 Å². The minimum Gasteiger partial charge on any atom is -0.484 e. The van der Waals surface area contributed by atoms with Gasteiger partial charge in [-0.25, -0.2) is 18.9 Å². The number of nitrogens with one attached hydrogen (secondary N) is 1. The molecular formula is C26H20FN5O2. The molecule has 0 atom stereocenters. The number of aromatic nitrogens is 4. The minimum atomic E-state index is -0.334. The van der Waals surface area contributed by atoms with Crippen LogP contribution in [0.5, 0.6) is 5.75 Å². The zero-order valence-electron chi connectivity index (χ0n) is 18.3. The highest BCUT2D eigenvalue weighted by molar-refractivity contribution is 5.92. The monoisotopic (exact) mass is 453 g/mol. The summed E-state index contributed by atoms with van der Waals surface area (Å²) in [7, 11) is 0. The van der Waals surface area contributed by atoms with E-state index in [1.54, 1.807) is 60.2 Å². The Balaban J connectivity index is 1.47. The normalized spacial score (nSPS) is 10.9. The number of carbonyl (C=O) groups is 1. The number of rotatable bonds is 6. The number of nitrogens with zero attached hydrogens (tertiary/aromatic N) is 4. The highest BCUT2D eigenvalue weighted by atomic mass is 19.1. The quantitative estimate of drug-likeness (QED) is 0.395. The molecule has 0 radical (unpaired) electrons. The molecule has 0 saturated carbocycles. The van der Waals surface area contributed by atoms with Crippen LogP contribution < -0.4 is 10.1 Å². The molecule has 0 saturated heterocycles. The third-order valence-corrected chi connectivity index (χ3v) is 5.24. The van der Waals surface area contributed by atoms with E-state index in [0.717, 1.165) is 11.1 Å². The van der Waals surface area contributed by atoms with Crippen molar-refractivity contribution in [3.63, 3.8) is 0 Å². The van der Waals surface area contributed by atoms with Crippen molar-refractivity contribution in [2.45, 2.75) is 6.92 Å². The molecule has 0 fully saturated rings. The smallest absolute Gasteiger partial charge is 0.263 e. The predicted molar refractivity (Wildman–Crippen MR) is 127 cm³/mol. The maximum absolute atomic E-state index is 13.9.